The van der Waals surface area contributed by atoms with Crippen molar-refractivity contribution >= 4 is 6.09 Å². The van der Waals surface area contributed by atoms with E-state index in [0.29, 0.717) is 12.4 Å². The maximum Gasteiger partial charge on any atom is 0.409 e. The van der Waals surface area contributed by atoms with Crippen LogP contribution in [0, 0.1) is 0 Å². The Bertz CT molecular complexity index is 195. The van der Waals surface area contributed by atoms with Gasteiger partial charge in [-0.05, 0) is 6.08 Å². The van der Waals surface area contributed by atoms with Crippen LogP contribution >= 0.6 is 0 Å². The van der Waals surface area contributed by atoms with E-state index in [-0.39, 0.29) is 0 Å². The van der Waals surface area contributed by atoms with Crippen LogP contribution in [0.3, 0.4) is 0 Å². The van der Waals surface area contributed by atoms with Crippen molar-refractivity contribution in [3.63, 3.8) is 0 Å². The predicted octanol–water partition coefficient (Wildman–Crippen LogP) is 0.510. The van der Waals surface area contributed by atoms with E-state index < -0.39 is 6.09 Å². The Morgan fingerprint density at radius 2 is 2.60 bits per heavy atom. The Morgan fingerprint density at radius 3 is 3.10 bits per heavy atom. The fourth-order valence-electron chi connectivity index (χ4n) is 0.561. The summed E-state index contributed by atoms with van der Waals surface area (Å²) in [5.74, 6) is 0.429. The number of hydrogen-bond acceptors (Lipinski definition) is 3. The molecule has 1 amide bonds. The van der Waals surface area contributed by atoms with Gasteiger partial charge in [0.15, 0.2) is 0 Å². The molecule has 0 aromatic carbocycles. The van der Waals surface area contributed by atoms with Gasteiger partial charge >= 0.3 is 6.09 Å². The van der Waals surface area contributed by atoms with E-state index >= 15 is 0 Å². The van der Waals surface area contributed by atoms with Crippen molar-refractivity contribution in [3.8, 4) is 0 Å². The lowest BCUT2D eigenvalue weighted by Gasteiger charge is -2.05. The summed E-state index contributed by atoms with van der Waals surface area (Å²) in [5, 5.41) is 0. The third-order valence-corrected chi connectivity index (χ3v) is 0.928. The van der Waals surface area contributed by atoms with Gasteiger partial charge < -0.3 is 15.2 Å². The largest absolute Gasteiger partial charge is 0.497 e. The average Bonchev–Trinajstić information content (AvgIpc) is 1.88. The zero-order valence-corrected chi connectivity index (χ0v) is 5.24. The molecule has 0 aromatic rings. The summed E-state index contributed by atoms with van der Waals surface area (Å²) in [5.41, 5.74) is 4.75. The summed E-state index contributed by atoms with van der Waals surface area (Å²) >= 11 is 0. The summed E-state index contributed by atoms with van der Waals surface area (Å²) in [6.45, 7) is 0.416. The molecule has 4 heteroatoms. The first-order chi connectivity index (χ1) is 4.79. The molecule has 0 saturated carbocycles. The van der Waals surface area contributed by atoms with Crippen molar-refractivity contribution < 1.29 is 14.3 Å². The van der Waals surface area contributed by atoms with Crippen LogP contribution in [-0.2, 0) is 9.47 Å². The van der Waals surface area contributed by atoms with E-state index in [1.54, 1.807) is 6.08 Å². The van der Waals surface area contributed by atoms with Crippen molar-refractivity contribution in [2.75, 3.05) is 6.61 Å². The Labute approximate surface area is 57.9 Å². The van der Waals surface area contributed by atoms with Gasteiger partial charge in [0, 0.05) is 6.08 Å². The molecule has 0 radical (unpaired) electrons. The molecule has 4 nitrogen and oxygen atoms in total. The average molecular weight is 141 g/mol. The molecule has 0 fully saturated rings. The smallest absolute Gasteiger partial charge is 0.409 e. The van der Waals surface area contributed by atoms with Gasteiger partial charge in [-0.2, -0.15) is 0 Å². The molecular weight excluding hydrogens is 134 g/mol. The first-order valence-corrected chi connectivity index (χ1v) is 2.74. The second-order valence-electron chi connectivity index (χ2n) is 1.66. The number of amides is 1. The summed E-state index contributed by atoms with van der Waals surface area (Å²) < 4.78 is 9.32. The quantitative estimate of drug-likeness (QED) is 0.578. The highest BCUT2D eigenvalue weighted by molar-refractivity contribution is 5.66. The zero-order valence-electron chi connectivity index (χ0n) is 5.24. The second-order valence-corrected chi connectivity index (χ2v) is 1.66. The van der Waals surface area contributed by atoms with Crippen LogP contribution in [0.2, 0.25) is 0 Å². The summed E-state index contributed by atoms with van der Waals surface area (Å²) in [6, 6.07) is 0. The number of hydrogen-bond donors (Lipinski definition) is 1. The monoisotopic (exact) mass is 141 g/mol. The molecule has 2 N–H and O–H groups in total. The molecule has 1 aliphatic rings. The van der Waals surface area contributed by atoms with Gasteiger partial charge in [-0.1, -0.05) is 0 Å². The van der Waals surface area contributed by atoms with Crippen molar-refractivity contribution in [2.45, 2.75) is 0 Å². The molecule has 0 unspecified atom stereocenters. The van der Waals surface area contributed by atoms with Gasteiger partial charge in [0.2, 0.25) is 0 Å². The van der Waals surface area contributed by atoms with Crippen LogP contribution < -0.4 is 5.73 Å². The van der Waals surface area contributed by atoms with Crippen LogP contribution in [0.4, 0.5) is 4.79 Å². The Balaban J connectivity index is 2.48. The minimum atomic E-state index is -0.808. The Kier molecular flexibility index (Phi) is 1.94. The zero-order chi connectivity index (χ0) is 7.40. The standard InChI is InChI=1S/C6H7NO3/c7-6(8)10-5-1-3-9-4-2-5/h1-3H,4H2,(H2,7,8). The Morgan fingerprint density at radius 1 is 1.80 bits per heavy atom. The minimum Gasteiger partial charge on any atom is -0.497 e. The van der Waals surface area contributed by atoms with Crippen LogP contribution in [0.15, 0.2) is 24.2 Å². The number of ether oxygens (including phenoxy) is 2. The molecule has 0 bridgehead atoms. The molecule has 0 aromatic heterocycles. The van der Waals surface area contributed by atoms with Gasteiger partial charge in [-0.3, -0.25) is 0 Å². The third-order valence-electron chi connectivity index (χ3n) is 0.928. The van der Waals surface area contributed by atoms with E-state index in [0.717, 1.165) is 0 Å². The fraction of sp³-hybridized carbons (Fsp3) is 0.167. The number of carbonyl (C=O) groups excluding carboxylic acids is 1. The number of allylic oxidation sites excluding steroid dienone is 1. The minimum absolute atomic E-state index is 0.416. The van der Waals surface area contributed by atoms with Crippen molar-refractivity contribution in [2.24, 2.45) is 5.73 Å². The SMILES string of the molecule is NC(=O)OC1=CCOC=C1. The fourth-order valence-corrected chi connectivity index (χ4v) is 0.561. The second kappa shape index (κ2) is 2.91. The molecule has 0 saturated heterocycles. The van der Waals surface area contributed by atoms with Gasteiger partial charge in [-0.15, -0.1) is 0 Å². The Hall–Kier alpha value is -1.45. The van der Waals surface area contributed by atoms with Crippen LogP contribution in [0.1, 0.15) is 0 Å². The maximum absolute atomic E-state index is 10.2. The summed E-state index contributed by atoms with van der Waals surface area (Å²) in [4.78, 5) is 10.2. The molecule has 0 atom stereocenters. The van der Waals surface area contributed by atoms with Crippen molar-refractivity contribution in [3.05, 3.63) is 24.2 Å². The summed E-state index contributed by atoms with van der Waals surface area (Å²) in [6.07, 6.45) is 3.77. The van der Waals surface area contributed by atoms with Gasteiger partial charge in [0.25, 0.3) is 0 Å². The molecule has 1 aliphatic heterocycles. The number of rotatable bonds is 1. The number of nitrogens with two attached hydrogens (primary N) is 1. The first-order valence-electron chi connectivity index (χ1n) is 2.74. The van der Waals surface area contributed by atoms with Crippen LogP contribution in [-0.4, -0.2) is 12.7 Å². The van der Waals surface area contributed by atoms with E-state index in [9.17, 15) is 4.79 Å². The molecule has 0 aliphatic carbocycles. The van der Waals surface area contributed by atoms with Crippen molar-refractivity contribution in [1.82, 2.24) is 0 Å². The van der Waals surface area contributed by atoms with Gasteiger partial charge in [0.1, 0.15) is 12.4 Å². The molecular formula is C6H7NO3. The van der Waals surface area contributed by atoms with Gasteiger partial charge in [0.05, 0.1) is 6.26 Å². The van der Waals surface area contributed by atoms with E-state index in [1.807, 2.05) is 0 Å². The topological polar surface area (TPSA) is 61.6 Å². The summed E-state index contributed by atoms with van der Waals surface area (Å²) in [7, 11) is 0. The number of primary amides is 1. The first kappa shape index (κ1) is 6.67. The lowest BCUT2D eigenvalue weighted by atomic mass is 10.4. The highest BCUT2D eigenvalue weighted by Gasteiger charge is 2.00. The predicted molar refractivity (Wildman–Crippen MR) is 33.8 cm³/mol. The van der Waals surface area contributed by atoms with Crippen LogP contribution in [0.5, 0.6) is 0 Å². The molecule has 0 spiro atoms. The van der Waals surface area contributed by atoms with Crippen LogP contribution in [0.25, 0.3) is 0 Å². The van der Waals surface area contributed by atoms with Gasteiger partial charge in [-0.25, -0.2) is 4.79 Å². The highest BCUT2D eigenvalue weighted by atomic mass is 16.6. The lowest BCUT2D eigenvalue weighted by Crippen LogP contribution is -2.13. The molecule has 1 heterocycles. The van der Waals surface area contributed by atoms with E-state index in [1.165, 1.54) is 12.3 Å². The molecule has 54 valence electrons. The normalized spacial score (nSPS) is 15.4. The van der Waals surface area contributed by atoms with E-state index in [4.69, 9.17) is 10.5 Å². The van der Waals surface area contributed by atoms with Crippen molar-refractivity contribution in [1.29, 1.82) is 0 Å². The number of carbonyl (C=O) groups is 1. The highest BCUT2D eigenvalue weighted by Crippen LogP contribution is 2.04. The maximum atomic E-state index is 10.2. The van der Waals surface area contributed by atoms with E-state index in [2.05, 4.69) is 4.74 Å². The molecule has 1 rings (SSSR count). The molecule has 10 heavy (non-hydrogen) atoms. The lowest BCUT2D eigenvalue weighted by molar-refractivity contribution is 0.185. The third kappa shape index (κ3) is 1.81.